The van der Waals surface area contributed by atoms with Crippen molar-refractivity contribution < 1.29 is 9.53 Å². The zero-order chi connectivity index (χ0) is 17.2. The number of amides is 1. The van der Waals surface area contributed by atoms with Crippen LogP contribution >= 0.6 is 0 Å². The molecule has 1 saturated carbocycles. The number of hydrogen-bond donors (Lipinski definition) is 1. The Balaban J connectivity index is 1.49. The van der Waals surface area contributed by atoms with Gasteiger partial charge in [-0.1, -0.05) is 29.5 Å². The molecule has 1 N–H and O–H groups in total. The van der Waals surface area contributed by atoms with Crippen molar-refractivity contribution in [3.05, 3.63) is 54.1 Å². The summed E-state index contributed by atoms with van der Waals surface area (Å²) in [5.41, 5.74) is 2.77. The first-order valence-corrected chi connectivity index (χ1v) is 8.46. The lowest BCUT2D eigenvalue weighted by Gasteiger charge is -2.19. The molecule has 0 radical (unpaired) electrons. The minimum absolute atomic E-state index is 0.0354. The van der Waals surface area contributed by atoms with Gasteiger partial charge in [0.05, 0.1) is 18.7 Å². The molecule has 0 spiro atoms. The van der Waals surface area contributed by atoms with Crippen LogP contribution in [-0.4, -0.2) is 28.0 Å². The fourth-order valence-electron chi connectivity index (χ4n) is 3.10. The van der Waals surface area contributed by atoms with Gasteiger partial charge in [-0.25, -0.2) is 4.68 Å². The Labute approximate surface area is 145 Å². The van der Waals surface area contributed by atoms with E-state index in [9.17, 15) is 4.79 Å². The maximum atomic E-state index is 12.6. The highest BCUT2D eigenvalue weighted by molar-refractivity contribution is 5.80. The molecule has 1 fully saturated rings. The third kappa shape index (κ3) is 3.33. The normalized spacial score (nSPS) is 15.1. The topological polar surface area (TPSA) is 69.0 Å². The van der Waals surface area contributed by atoms with Crippen molar-refractivity contribution in [3.63, 3.8) is 0 Å². The van der Waals surface area contributed by atoms with E-state index in [1.165, 1.54) is 0 Å². The number of nitrogens with one attached hydrogen (secondary N) is 1. The van der Waals surface area contributed by atoms with Gasteiger partial charge in [-0.15, -0.1) is 5.10 Å². The molecule has 6 heteroatoms. The summed E-state index contributed by atoms with van der Waals surface area (Å²) in [7, 11) is 1.65. The largest absolute Gasteiger partial charge is 0.497 e. The highest BCUT2D eigenvalue weighted by Crippen LogP contribution is 2.41. The number of hydrogen-bond acceptors (Lipinski definition) is 4. The van der Waals surface area contributed by atoms with Crippen LogP contribution in [0.1, 0.15) is 24.4 Å². The van der Waals surface area contributed by atoms with Crippen molar-refractivity contribution in [1.29, 1.82) is 0 Å². The van der Waals surface area contributed by atoms with Crippen LogP contribution in [0.4, 0.5) is 0 Å². The molecule has 1 aromatic heterocycles. The molecule has 0 bridgehead atoms. The molecule has 1 aliphatic carbocycles. The summed E-state index contributed by atoms with van der Waals surface area (Å²) in [6.45, 7) is 0.167. The SMILES string of the molecule is COc1ccc(C(NC(=O)Cn2nnc3ccccc32)C2CC2)cc1. The van der Waals surface area contributed by atoms with Crippen LogP contribution in [0.2, 0.25) is 0 Å². The Bertz CT molecular complexity index is 884. The molecular weight excluding hydrogens is 316 g/mol. The van der Waals surface area contributed by atoms with E-state index in [0.717, 1.165) is 35.2 Å². The molecule has 1 unspecified atom stereocenters. The van der Waals surface area contributed by atoms with E-state index in [0.29, 0.717) is 5.92 Å². The summed E-state index contributed by atoms with van der Waals surface area (Å²) in [5, 5.41) is 11.3. The summed E-state index contributed by atoms with van der Waals surface area (Å²) >= 11 is 0. The summed E-state index contributed by atoms with van der Waals surface area (Å²) in [4.78, 5) is 12.6. The van der Waals surface area contributed by atoms with E-state index >= 15 is 0 Å². The van der Waals surface area contributed by atoms with Gasteiger partial charge in [0.15, 0.2) is 0 Å². The van der Waals surface area contributed by atoms with Gasteiger partial charge in [0.2, 0.25) is 5.91 Å². The zero-order valence-electron chi connectivity index (χ0n) is 14.1. The van der Waals surface area contributed by atoms with Gasteiger partial charge in [-0.2, -0.15) is 0 Å². The molecule has 0 saturated heterocycles. The van der Waals surface area contributed by atoms with Crippen molar-refractivity contribution in [2.75, 3.05) is 7.11 Å². The molecule has 1 aliphatic rings. The van der Waals surface area contributed by atoms with Gasteiger partial charge in [-0.3, -0.25) is 4.79 Å². The third-order valence-electron chi connectivity index (χ3n) is 4.60. The standard InChI is InChI=1S/C19H20N4O2/c1-25-15-10-8-14(9-11-15)19(13-6-7-13)20-18(24)12-23-17-5-3-2-4-16(17)21-22-23/h2-5,8-11,13,19H,6-7,12H2,1H3,(H,20,24). The summed E-state index contributed by atoms with van der Waals surface area (Å²) in [6, 6.07) is 15.6. The van der Waals surface area contributed by atoms with Crippen LogP contribution in [0, 0.1) is 5.92 Å². The number of methoxy groups -OCH3 is 1. The molecule has 6 nitrogen and oxygen atoms in total. The van der Waals surface area contributed by atoms with Crippen LogP contribution in [0.15, 0.2) is 48.5 Å². The number of para-hydroxylation sites is 1. The van der Waals surface area contributed by atoms with Crippen LogP contribution < -0.4 is 10.1 Å². The number of rotatable bonds is 6. The fourth-order valence-corrected chi connectivity index (χ4v) is 3.10. The number of nitrogens with zero attached hydrogens (tertiary/aromatic N) is 3. The number of benzene rings is 2. The zero-order valence-corrected chi connectivity index (χ0v) is 14.1. The molecule has 128 valence electrons. The third-order valence-corrected chi connectivity index (χ3v) is 4.60. The van der Waals surface area contributed by atoms with Crippen molar-refractivity contribution in [2.24, 2.45) is 5.92 Å². The molecule has 1 amide bonds. The average molecular weight is 336 g/mol. The van der Waals surface area contributed by atoms with E-state index in [-0.39, 0.29) is 18.5 Å². The number of carbonyl (C=O) groups is 1. The highest BCUT2D eigenvalue weighted by Gasteiger charge is 2.33. The van der Waals surface area contributed by atoms with E-state index in [2.05, 4.69) is 15.6 Å². The second-order valence-corrected chi connectivity index (χ2v) is 6.39. The summed E-state index contributed by atoms with van der Waals surface area (Å²) in [5.74, 6) is 1.27. The van der Waals surface area contributed by atoms with Crippen LogP contribution in [0.5, 0.6) is 5.75 Å². The summed E-state index contributed by atoms with van der Waals surface area (Å²) in [6.07, 6.45) is 2.28. The fraction of sp³-hybridized carbons (Fsp3) is 0.316. The molecule has 25 heavy (non-hydrogen) atoms. The Hall–Kier alpha value is -2.89. The Kier molecular flexibility index (Phi) is 4.09. The predicted molar refractivity (Wildman–Crippen MR) is 94.1 cm³/mol. The first-order valence-electron chi connectivity index (χ1n) is 8.46. The van der Waals surface area contributed by atoms with Crippen LogP contribution in [-0.2, 0) is 11.3 Å². The Morgan fingerprint density at radius 3 is 2.72 bits per heavy atom. The molecule has 2 aromatic carbocycles. The minimum atomic E-state index is -0.0524. The van der Waals surface area contributed by atoms with Crippen LogP contribution in [0.25, 0.3) is 11.0 Å². The van der Waals surface area contributed by atoms with Crippen molar-refractivity contribution >= 4 is 16.9 Å². The maximum absolute atomic E-state index is 12.6. The smallest absolute Gasteiger partial charge is 0.242 e. The van der Waals surface area contributed by atoms with Gasteiger partial charge in [0.25, 0.3) is 0 Å². The second kappa shape index (κ2) is 6.55. The molecule has 1 heterocycles. The first-order chi connectivity index (χ1) is 12.2. The monoisotopic (exact) mass is 336 g/mol. The van der Waals surface area contributed by atoms with Gasteiger partial charge in [0, 0.05) is 0 Å². The highest BCUT2D eigenvalue weighted by atomic mass is 16.5. The first kappa shape index (κ1) is 15.6. The van der Waals surface area contributed by atoms with E-state index in [1.807, 2.05) is 48.5 Å². The number of carbonyl (C=O) groups excluding carboxylic acids is 1. The van der Waals surface area contributed by atoms with E-state index in [1.54, 1.807) is 11.8 Å². The Morgan fingerprint density at radius 2 is 2.00 bits per heavy atom. The van der Waals surface area contributed by atoms with Gasteiger partial charge < -0.3 is 10.1 Å². The molecule has 3 aromatic rings. The van der Waals surface area contributed by atoms with Gasteiger partial charge in [-0.05, 0) is 48.6 Å². The van der Waals surface area contributed by atoms with Gasteiger partial charge in [0.1, 0.15) is 17.8 Å². The van der Waals surface area contributed by atoms with Gasteiger partial charge >= 0.3 is 0 Å². The minimum Gasteiger partial charge on any atom is -0.497 e. The van der Waals surface area contributed by atoms with Crippen LogP contribution in [0.3, 0.4) is 0 Å². The Morgan fingerprint density at radius 1 is 1.24 bits per heavy atom. The lowest BCUT2D eigenvalue weighted by atomic mass is 10.0. The number of aromatic nitrogens is 3. The molecule has 4 rings (SSSR count). The maximum Gasteiger partial charge on any atom is 0.242 e. The molecular formula is C19H20N4O2. The molecule has 1 atom stereocenters. The second-order valence-electron chi connectivity index (χ2n) is 6.39. The van der Waals surface area contributed by atoms with E-state index < -0.39 is 0 Å². The molecule has 0 aliphatic heterocycles. The predicted octanol–water partition coefficient (Wildman–Crippen LogP) is 2.71. The summed E-state index contributed by atoms with van der Waals surface area (Å²) < 4.78 is 6.85. The van der Waals surface area contributed by atoms with Crippen molar-refractivity contribution in [3.8, 4) is 5.75 Å². The number of fused-ring (bicyclic) bond motifs is 1. The van der Waals surface area contributed by atoms with Crippen molar-refractivity contribution in [1.82, 2.24) is 20.3 Å². The number of ether oxygens (including phenoxy) is 1. The van der Waals surface area contributed by atoms with E-state index in [4.69, 9.17) is 4.74 Å². The van der Waals surface area contributed by atoms with Crippen molar-refractivity contribution in [2.45, 2.75) is 25.4 Å². The average Bonchev–Trinajstić information content (AvgIpc) is 3.42. The lowest BCUT2D eigenvalue weighted by Crippen LogP contribution is -2.33. The quantitative estimate of drug-likeness (QED) is 0.751. The lowest BCUT2D eigenvalue weighted by molar-refractivity contribution is -0.122.